The highest BCUT2D eigenvalue weighted by molar-refractivity contribution is 5.46. The lowest BCUT2D eigenvalue weighted by molar-refractivity contribution is 0.242. The molecule has 96 valence electrons. The third-order valence-corrected chi connectivity index (χ3v) is 2.75. The maximum atomic E-state index is 5.61. The number of ether oxygens (including phenoxy) is 1. The molecule has 0 fully saturated rings. The smallest absolute Gasteiger partial charge is 0.119 e. The molecule has 2 rings (SSSR count). The number of nitrogens with zero attached hydrogens (tertiary/aromatic N) is 1. The Hall–Kier alpha value is -1.90. The number of benzene rings is 1. The molecular weight excluding hydrogens is 224 g/mol. The highest BCUT2D eigenvalue weighted by Crippen LogP contribution is 2.17. The lowest BCUT2D eigenvalue weighted by atomic mass is 10.3. The normalized spacial score (nSPS) is 10.7. The van der Waals surface area contributed by atoms with Crippen LogP contribution in [0.4, 0.5) is 5.69 Å². The van der Waals surface area contributed by atoms with Gasteiger partial charge in [0, 0.05) is 24.6 Å². The van der Waals surface area contributed by atoms with Gasteiger partial charge in [0.25, 0.3) is 0 Å². The van der Waals surface area contributed by atoms with Gasteiger partial charge in [-0.1, -0.05) is 0 Å². The maximum Gasteiger partial charge on any atom is 0.119 e. The van der Waals surface area contributed by atoms with E-state index >= 15 is 0 Å². The largest absolute Gasteiger partial charge is 0.491 e. The van der Waals surface area contributed by atoms with E-state index in [0.29, 0.717) is 0 Å². The van der Waals surface area contributed by atoms with Crippen molar-refractivity contribution in [2.24, 2.45) is 7.05 Å². The number of nitrogens with one attached hydrogen (secondary N) is 1. The fraction of sp³-hybridized carbons (Fsp3) is 0.333. The molecule has 0 unspecified atom stereocenters. The molecule has 1 aromatic carbocycles. The first-order chi connectivity index (χ1) is 8.65. The summed E-state index contributed by atoms with van der Waals surface area (Å²) >= 11 is 0. The van der Waals surface area contributed by atoms with Gasteiger partial charge in [0.2, 0.25) is 0 Å². The van der Waals surface area contributed by atoms with Gasteiger partial charge in [0.15, 0.2) is 0 Å². The molecule has 1 N–H and O–H groups in total. The topological polar surface area (TPSA) is 26.2 Å². The van der Waals surface area contributed by atoms with Gasteiger partial charge in [-0.15, -0.1) is 0 Å². The Morgan fingerprint density at radius 2 is 1.89 bits per heavy atom. The predicted octanol–water partition coefficient (Wildman–Crippen LogP) is 3.42. The van der Waals surface area contributed by atoms with Crippen molar-refractivity contribution in [3.63, 3.8) is 0 Å². The minimum atomic E-state index is 0.215. The van der Waals surface area contributed by atoms with Gasteiger partial charge in [0.1, 0.15) is 5.75 Å². The van der Waals surface area contributed by atoms with Crippen LogP contribution in [0.2, 0.25) is 0 Å². The van der Waals surface area contributed by atoms with Crippen LogP contribution in [0.3, 0.4) is 0 Å². The first kappa shape index (κ1) is 12.6. The second-order valence-corrected chi connectivity index (χ2v) is 4.65. The summed E-state index contributed by atoms with van der Waals surface area (Å²) in [6, 6.07) is 12.2. The van der Waals surface area contributed by atoms with E-state index in [1.807, 2.05) is 38.1 Å². The molecule has 0 bridgehead atoms. The Bertz CT molecular complexity index is 485. The minimum absolute atomic E-state index is 0.215. The summed E-state index contributed by atoms with van der Waals surface area (Å²) in [5, 5.41) is 3.39. The van der Waals surface area contributed by atoms with Gasteiger partial charge >= 0.3 is 0 Å². The first-order valence-electron chi connectivity index (χ1n) is 6.26. The zero-order chi connectivity index (χ0) is 13.0. The SMILES string of the molecule is CC(C)Oc1ccc(NCc2cccn2C)cc1. The third kappa shape index (κ3) is 3.29. The van der Waals surface area contributed by atoms with E-state index in [1.54, 1.807) is 0 Å². The van der Waals surface area contributed by atoms with Crippen molar-refractivity contribution in [3.8, 4) is 5.75 Å². The second kappa shape index (κ2) is 5.63. The molecule has 18 heavy (non-hydrogen) atoms. The summed E-state index contributed by atoms with van der Waals surface area (Å²) in [7, 11) is 2.05. The zero-order valence-corrected chi connectivity index (χ0v) is 11.2. The van der Waals surface area contributed by atoms with Crippen LogP contribution in [0.15, 0.2) is 42.6 Å². The number of hydrogen-bond acceptors (Lipinski definition) is 2. The fourth-order valence-electron chi connectivity index (χ4n) is 1.80. The van der Waals surface area contributed by atoms with Crippen molar-refractivity contribution in [2.75, 3.05) is 5.32 Å². The van der Waals surface area contributed by atoms with E-state index < -0.39 is 0 Å². The molecule has 0 saturated carbocycles. The van der Waals surface area contributed by atoms with E-state index in [2.05, 4.69) is 35.3 Å². The molecule has 0 amide bonds. The molecule has 3 nitrogen and oxygen atoms in total. The summed E-state index contributed by atoms with van der Waals surface area (Å²) in [5.41, 5.74) is 2.37. The number of anilines is 1. The predicted molar refractivity (Wildman–Crippen MR) is 74.9 cm³/mol. The number of rotatable bonds is 5. The minimum Gasteiger partial charge on any atom is -0.491 e. The number of aryl methyl sites for hydroxylation is 1. The van der Waals surface area contributed by atoms with Crippen LogP contribution in [-0.4, -0.2) is 10.7 Å². The van der Waals surface area contributed by atoms with Crippen molar-refractivity contribution < 1.29 is 4.74 Å². The number of aromatic nitrogens is 1. The summed E-state index contributed by atoms with van der Waals surface area (Å²) in [6.07, 6.45) is 2.27. The molecule has 0 aliphatic rings. The van der Waals surface area contributed by atoms with Gasteiger partial charge in [-0.25, -0.2) is 0 Å². The molecule has 3 heteroatoms. The Morgan fingerprint density at radius 3 is 2.44 bits per heavy atom. The third-order valence-electron chi connectivity index (χ3n) is 2.75. The second-order valence-electron chi connectivity index (χ2n) is 4.65. The Labute approximate surface area is 108 Å². The van der Waals surface area contributed by atoms with Crippen LogP contribution in [-0.2, 0) is 13.6 Å². The molecule has 0 spiro atoms. The Balaban J connectivity index is 1.92. The lowest BCUT2D eigenvalue weighted by Crippen LogP contribution is -2.06. The summed E-state index contributed by atoms with van der Waals surface area (Å²) in [4.78, 5) is 0. The molecule has 1 aromatic heterocycles. The van der Waals surface area contributed by atoms with Crippen molar-refractivity contribution in [3.05, 3.63) is 48.3 Å². The zero-order valence-electron chi connectivity index (χ0n) is 11.2. The molecule has 1 heterocycles. The summed E-state index contributed by atoms with van der Waals surface area (Å²) in [5.74, 6) is 0.911. The fourth-order valence-corrected chi connectivity index (χ4v) is 1.80. The molecule has 0 aliphatic heterocycles. The van der Waals surface area contributed by atoms with E-state index in [-0.39, 0.29) is 6.10 Å². The number of hydrogen-bond donors (Lipinski definition) is 1. The van der Waals surface area contributed by atoms with Crippen LogP contribution in [0.1, 0.15) is 19.5 Å². The summed E-state index contributed by atoms with van der Waals surface area (Å²) in [6.45, 7) is 4.89. The Morgan fingerprint density at radius 1 is 1.17 bits per heavy atom. The molecule has 0 atom stereocenters. The van der Waals surface area contributed by atoms with Gasteiger partial charge in [-0.3, -0.25) is 0 Å². The highest BCUT2D eigenvalue weighted by atomic mass is 16.5. The average molecular weight is 244 g/mol. The van der Waals surface area contributed by atoms with Crippen LogP contribution >= 0.6 is 0 Å². The molecular formula is C15H20N2O. The van der Waals surface area contributed by atoms with Crippen molar-refractivity contribution >= 4 is 5.69 Å². The quantitative estimate of drug-likeness (QED) is 0.872. The molecule has 0 radical (unpaired) electrons. The van der Waals surface area contributed by atoms with E-state index in [9.17, 15) is 0 Å². The molecule has 2 aromatic rings. The maximum absolute atomic E-state index is 5.61. The van der Waals surface area contributed by atoms with Crippen molar-refractivity contribution in [1.82, 2.24) is 4.57 Å². The van der Waals surface area contributed by atoms with Crippen LogP contribution in [0, 0.1) is 0 Å². The van der Waals surface area contributed by atoms with E-state index in [0.717, 1.165) is 18.0 Å². The highest BCUT2D eigenvalue weighted by Gasteiger charge is 1.99. The van der Waals surface area contributed by atoms with Gasteiger partial charge in [-0.05, 0) is 50.2 Å². The summed E-state index contributed by atoms with van der Waals surface area (Å²) < 4.78 is 7.72. The standard InChI is InChI=1S/C15H20N2O/c1-12(2)18-15-8-6-13(7-9-15)16-11-14-5-4-10-17(14)3/h4-10,12,16H,11H2,1-3H3. The average Bonchev–Trinajstić information content (AvgIpc) is 2.73. The van der Waals surface area contributed by atoms with Crippen LogP contribution in [0.25, 0.3) is 0 Å². The van der Waals surface area contributed by atoms with Crippen LogP contribution in [0.5, 0.6) is 5.75 Å². The first-order valence-corrected chi connectivity index (χ1v) is 6.26. The molecule has 0 aliphatic carbocycles. The van der Waals surface area contributed by atoms with Gasteiger partial charge in [0.05, 0.1) is 12.6 Å². The lowest BCUT2D eigenvalue weighted by Gasteiger charge is -2.11. The monoisotopic (exact) mass is 244 g/mol. The van der Waals surface area contributed by atoms with E-state index in [4.69, 9.17) is 4.74 Å². The van der Waals surface area contributed by atoms with Crippen molar-refractivity contribution in [2.45, 2.75) is 26.5 Å². The van der Waals surface area contributed by atoms with Crippen LogP contribution < -0.4 is 10.1 Å². The Kier molecular flexibility index (Phi) is 3.92. The van der Waals surface area contributed by atoms with E-state index in [1.165, 1.54) is 5.69 Å². The van der Waals surface area contributed by atoms with Gasteiger partial charge in [-0.2, -0.15) is 0 Å². The molecule has 0 saturated heterocycles. The van der Waals surface area contributed by atoms with Gasteiger partial charge < -0.3 is 14.6 Å². The van der Waals surface area contributed by atoms with Crippen molar-refractivity contribution in [1.29, 1.82) is 0 Å².